The fourth-order valence-corrected chi connectivity index (χ4v) is 4.62. The van der Waals surface area contributed by atoms with Crippen LogP contribution in [0.25, 0.3) is 5.76 Å². The SMILES string of the molecule is CCCOc1ccc(C(O)=C2C(=O)C(=O)N(CCc3ccccc3)C2c2cccc(OCCC(C)C)c2)cc1. The van der Waals surface area contributed by atoms with E-state index in [0.29, 0.717) is 54.7 Å². The number of nitrogens with zero attached hydrogens (tertiary/aromatic N) is 1. The lowest BCUT2D eigenvalue weighted by Gasteiger charge is -2.26. The van der Waals surface area contributed by atoms with Gasteiger partial charge >= 0.3 is 0 Å². The van der Waals surface area contributed by atoms with Crippen LogP contribution in [0.2, 0.25) is 0 Å². The molecule has 0 aliphatic carbocycles. The van der Waals surface area contributed by atoms with Gasteiger partial charge in [-0.1, -0.05) is 63.2 Å². The summed E-state index contributed by atoms with van der Waals surface area (Å²) in [6.45, 7) is 7.81. The number of rotatable bonds is 12. The summed E-state index contributed by atoms with van der Waals surface area (Å²) in [7, 11) is 0. The molecule has 0 bridgehead atoms. The van der Waals surface area contributed by atoms with Crippen molar-refractivity contribution in [3.8, 4) is 11.5 Å². The molecule has 1 amide bonds. The average Bonchev–Trinajstić information content (AvgIpc) is 3.20. The van der Waals surface area contributed by atoms with E-state index in [1.807, 2.05) is 61.5 Å². The predicted octanol–water partition coefficient (Wildman–Crippen LogP) is 6.56. The third-order valence-electron chi connectivity index (χ3n) is 6.76. The number of ether oxygens (including phenoxy) is 2. The number of aliphatic hydroxyl groups is 1. The molecule has 39 heavy (non-hydrogen) atoms. The largest absolute Gasteiger partial charge is 0.507 e. The minimum Gasteiger partial charge on any atom is -0.507 e. The summed E-state index contributed by atoms with van der Waals surface area (Å²) in [5, 5.41) is 11.4. The van der Waals surface area contributed by atoms with Gasteiger partial charge in [-0.3, -0.25) is 9.59 Å². The van der Waals surface area contributed by atoms with Gasteiger partial charge in [-0.25, -0.2) is 0 Å². The standard InChI is InChI=1S/C33H37NO5/c1-4-20-38-27-15-13-25(14-16-27)31(35)29-30(26-11-8-12-28(22-26)39-21-18-23(2)3)34(33(37)32(29)36)19-17-24-9-6-5-7-10-24/h5-16,22-23,30,35H,4,17-21H2,1-3H3. The lowest BCUT2D eigenvalue weighted by Crippen LogP contribution is -2.31. The van der Waals surface area contributed by atoms with Crippen molar-refractivity contribution in [3.63, 3.8) is 0 Å². The van der Waals surface area contributed by atoms with Gasteiger partial charge in [0.25, 0.3) is 11.7 Å². The van der Waals surface area contributed by atoms with Gasteiger partial charge in [-0.05, 0) is 72.7 Å². The van der Waals surface area contributed by atoms with E-state index in [9.17, 15) is 14.7 Å². The molecule has 3 aromatic rings. The average molecular weight is 528 g/mol. The van der Waals surface area contributed by atoms with E-state index in [1.165, 1.54) is 0 Å². The number of ketones is 1. The van der Waals surface area contributed by atoms with Crippen molar-refractivity contribution >= 4 is 17.4 Å². The van der Waals surface area contributed by atoms with Gasteiger partial charge in [-0.15, -0.1) is 0 Å². The van der Waals surface area contributed by atoms with Crippen LogP contribution in [-0.4, -0.2) is 41.5 Å². The van der Waals surface area contributed by atoms with Gasteiger partial charge in [0.05, 0.1) is 24.8 Å². The Morgan fingerprint density at radius 2 is 1.62 bits per heavy atom. The molecule has 1 heterocycles. The zero-order valence-electron chi connectivity index (χ0n) is 22.9. The lowest BCUT2D eigenvalue weighted by atomic mass is 9.95. The number of amides is 1. The van der Waals surface area contributed by atoms with Crippen LogP contribution in [0.15, 0.2) is 84.4 Å². The number of aliphatic hydroxyl groups excluding tert-OH is 1. The maximum absolute atomic E-state index is 13.4. The normalized spacial score (nSPS) is 16.6. The number of hydrogen-bond donors (Lipinski definition) is 1. The molecule has 1 aliphatic rings. The predicted molar refractivity (Wildman–Crippen MR) is 153 cm³/mol. The van der Waals surface area contributed by atoms with Crippen LogP contribution in [0.5, 0.6) is 11.5 Å². The maximum atomic E-state index is 13.4. The molecular weight excluding hydrogens is 490 g/mol. The van der Waals surface area contributed by atoms with Crippen molar-refractivity contribution < 1.29 is 24.2 Å². The first-order valence-electron chi connectivity index (χ1n) is 13.7. The molecule has 6 nitrogen and oxygen atoms in total. The van der Waals surface area contributed by atoms with Crippen molar-refractivity contribution in [1.82, 2.24) is 4.90 Å². The summed E-state index contributed by atoms with van der Waals surface area (Å²) in [6.07, 6.45) is 2.38. The van der Waals surface area contributed by atoms with Crippen LogP contribution in [0.3, 0.4) is 0 Å². The fraction of sp³-hybridized carbons (Fsp3) is 0.333. The van der Waals surface area contributed by atoms with Crippen LogP contribution in [0.4, 0.5) is 0 Å². The van der Waals surface area contributed by atoms with E-state index in [-0.39, 0.29) is 11.3 Å². The second kappa shape index (κ2) is 13.1. The molecule has 6 heteroatoms. The molecule has 1 saturated heterocycles. The molecule has 0 saturated carbocycles. The highest BCUT2D eigenvalue weighted by Gasteiger charge is 2.46. The molecular formula is C33H37NO5. The molecule has 204 valence electrons. The Balaban J connectivity index is 1.71. The van der Waals surface area contributed by atoms with Crippen LogP contribution in [0.1, 0.15) is 56.3 Å². The van der Waals surface area contributed by atoms with E-state index in [0.717, 1.165) is 18.4 Å². The van der Waals surface area contributed by atoms with E-state index in [2.05, 4.69) is 13.8 Å². The van der Waals surface area contributed by atoms with E-state index < -0.39 is 17.7 Å². The zero-order chi connectivity index (χ0) is 27.8. The van der Waals surface area contributed by atoms with E-state index in [4.69, 9.17) is 9.47 Å². The highest BCUT2D eigenvalue weighted by Crippen LogP contribution is 2.40. The number of Topliss-reactive ketones (excluding diaryl/α,β-unsaturated/α-hetero) is 1. The molecule has 1 fully saturated rings. The minimum atomic E-state index is -0.738. The quantitative estimate of drug-likeness (QED) is 0.164. The summed E-state index contributed by atoms with van der Waals surface area (Å²) in [5.74, 6) is 0.346. The second-order valence-corrected chi connectivity index (χ2v) is 10.2. The van der Waals surface area contributed by atoms with Crippen LogP contribution in [0, 0.1) is 5.92 Å². The minimum absolute atomic E-state index is 0.0784. The number of benzene rings is 3. The highest BCUT2D eigenvalue weighted by atomic mass is 16.5. The second-order valence-electron chi connectivity index (χ2n) is 10.2. The molecule has 4 rings (SSSR count). The van der Waals surface area contributed by atoms with Gasteiger partial charge in [0, 0.05) is 12.1 Å². The summed E-state index contributed by atoms with van der Waals surface area (Å²) >= 11 is 0. The summed E-state index contributed by atoms with van der Waals surface area (Å²) in [6, 6.07) is 23.5. The Labute approximate surface area is 230 Å². The van der Waals surface area contributed by atoms with Gasteiger partial charge in [0.15, 0.2) is 0 Å². The summed E-state index contributed by atoms with van der Waals surface area (Å²) in [5.41, 5.74) is 2.31. The molecule has 0 radical (unpaired) electrons. The Hall–Kier alpha value is -4.06. The Morgan fingerprint density at radius 3 is 2.31 bits per heavy atom. The van der Waals surface area contributed by atoms with Crippen molar-refractivity contribution in [2.24, 2.45) is 5.92 Å². The van der Waals surface area contributed by atoms with Crippen molar-refractivity contribution in [2.45, 2.75) is 46.1 Å². The fourth-order valence-electron chi connectivity index (χ4n) is 4.62. The molecule has 0 aromatic heterocycles. The Kier molecular flexibility index (Phi) is 9.42. The molecule has 1 atom stereocenters. The van der Waals surface area contributed by atoms with Crippen molar-refractivity contribution in [3.05, 3.63) is 101 Å². The number of hydrogen-bond acceptors (Lipinski definition) is 5. The first-order valence-corrected chi connectivity index (χ1v) is 13.7. The summed E-state index contributed by atoms with van der Waals surface area (Å²) in [4.78, 5) is 28.3. The van der Waals surface area contributed by atoms with Gasteiger partial charge in [-0.2, -0.15) is 0 Å². The number of carbonyl (C=O) groups excluding carboxylic acids is 2. The van der Waals surface area contributed by atoms with Crippen molar-refractivity contribution in [1.29, 1.82) is 0 Å². The molecule has 1 aliphatic heterocycles. The van der Waals surface area contributed by atoms with Crippen LogP contribution >= 0.6 is 0 Å². The molecule has 1 N–H and O–H groups in total. The highest BCUT2D eigenvalue weighted by molar-refractivity contribution is 6.46. The third kappa shape index (κ3) is 6.88. The molecule has 0 spiro atoms. The number of likely N-dealkylation sites (tertiary alicyclic amines) is 1. The zero-order valence-corrected chi connectivity index (χ0v) is 22.9. The maximum Gasteiger partial charge on any atom is 0.295 e. The first kappa shape index (κ1) is 28.0. The lowest BCUT2D eigenvalue weighted by molar-refractivity contribution is -0.139. The van der Waals surface area contributed by atoms with Crippen LogP contribution in [-0.2, 0) is 16.0 Å². The Bertz CT molecular complexity index is 1300. The number of carbonyl (C=O) groups is 2. The van der Waals surface area contributed by atoms with Gasteiger partial charge in [0.2, 0.25) is 0 Å². The molecule has 1 unspecified atom stereocenters. The smallest absolute Gasteiger partial charge is 0.295 e. The van der Waals surface area contributed by atoms with Crippen LogP contribution < -0.4 is 9.47 Å². The topological polar surface area (TPSA) is 76.1 Å². The van der Waals surface area contributed by atoms with E-state index >= 15 is 0 Å². The molecule has 3 aromatic carbocycles. The monoisotopic (exact) mass is 527 g/mol. The van der Waals surface area contributed by atoms with Gasteiger partial charge in [0.1, 0.15) is 17.3 Å². The summed E-state index contributed by atoms with van der Waals surface area (Å²) < 4.78 is 11.6. The Morgan fingerprint density at radius 1 is 0.897 bits per heavy atom. The first-order chi connectivity index (χ1) is 18.9. The van der Waals surface area contributed by atoms with E-state index in [1.54, 1.807) is 29.2 Å². The van der Waals surface area contributed by atoms with Crippen molar-refractivity contribution in [2.75, 3.05) is 19.8 Å². The third-order valence-corrected chi connectivity index (χ3v) is 6.76. The van der Waals surface area contributed by atoms with Gasteiger partial charge < -0.3 is 19.5 Å².